The van der Waals surface area contributed by atoms with Crippen LogP contribution in [0.15, 0.2) is 53.9 Å². The van der Waals surface area contributed by atoms with Crippen molar-refractivity contribution in [1.82, 2.24) is 20.2 Å². The molecule has 1 heterocycles. The van der Waals surface area contributed by atoms with Crippen LogP contribution in [0.3, 0.4) is 0 Å². The predicted octanol–water partition coefficient (Wildman–Crippen LogP) is 2.02. The van der Waals surface area contributed by atoms with Gasteiger partial charge in [-0.15, -0.1) is 0 Å². The maximum Gasteiger partial charge on any atom is 0.490 e. The lowest BCUT2D eigenvalue weighted by molar-refractivity contribution is -0.394. The number of amides is 1. The van der Waals surface area contributed by atoms with E-state index in [0.29, 0.717) is 28.2 Å². The summed E-state index contributed by atoms with van der Waals surface area (Å²) in [5, 5.41) is 18.5. The summed E-state index contributed by atoms with van der Waals surface area (Å²) in [5.41, 5.74) is 4.20. The lowest BCUT2D eigenvalue weighted by Crippen LogP contribution is -2.18. The van der Waals surface area contributed by atoms with Gasteiger partial charge in [0.05, 0.1) is 32.5 Å². The summed E-state index contributed by atoms with van der Waals surface area (Å²) >= 11 is 0. The Kier molecular flexibility index (Phi) is 6.33. The second-order valence-electron chi connectivity index (χ2n) is 5.97. The third-order valence-electron chi connectivity index (χ3n) is 4.06. The van der Waals surface area contributed by atoms with Crippen LogP contribution in [0.2, 0.25) is 0 Å². The van der Waals surface area contributed by atoms with Crippen LogP contribution >= 0.6 is 0 Å². The maximum atomic E-state index is 12.3. The Bertz CT molecular complexity index is 1090. The fourth-order valence-electron chi connectivity index (χ4n) is 2.68. The van der Waals surface area contributed by atoms with E-state index in [9.17, 15) is 14.9 Å². The molecule has 3 rings (SSSR count). The Hall–Kier alpha value is -4.28. The molecule has 11 heteroatoms. The van der Waals surface area contributed by atoms with Crippen molar-refractivity contribution >= 4 is 18.1 Å². The molecule has 30 heavy (non-hydrogen) atoms. The van der Waals surface area contributed by atoms with Gasteiger partial charge in [0.1, 0.15) is 11.5 Å². The van der Waals surface area contributed by atoms with Gasteiger partial charge in [0.15, 0.2) is 0 Å². The van der Waals surface area contributed by atoms with Gasteiger partial charge in [-0.05, 0) is 40.8 Å². The zero-order chi connectivity index (χ0) is 21.5. The van der Waals surface area contributed by atoms with E-state index in [1.807, 2.05) is 0 Å². The largest absolute Gasteiger partial charge is 0.496 e. The minimum absolute atomic E-state index is 0.208. The van der Waals surface area contributed by atoms with Crippen LogP contribution in [0.1, 0.15) is 21.5 Å². The minimum Gasteiger partial charge on any atom is -0.496 e. The number of nitro groups is 1. The van der Waals surface area contributed by atoms with Gasteiger partial charge in [-0.25, -0.2) is 5.43 Å². The first-order valence-electron chi connectivity index (χ1n) is 8.69. The molecular weight excluding hydrogens is 392 g/mol. The summed E-state index contributed by atoms with van der Waals surface area (Å²) in [4.78, 5) is 26.0. The number of ether oxygens (including phenoxy) is 2. The molecule has 0 fully saturated rings. The van der Waals surface area contributed by atoms with E-state index in [0.717, 1.165) is 0 Å². The highest BCUT2D eigenvalue weighted by Crippen LogP contribution is 2.21. The molecule has 0 aliphatic rings. The molecule has 0 atom stereocenters. The van der Waals surface area contributed by atoms with E-state index in [1.54, 1.807) is 42.5 Å². The highest BCUT2D eigenvalue weighted by Gasteiger charge is 2.15. The van der Waals surface area contributed by atoms with Gasteiger partial charge in [0, 0.05) is 10.7 Å². The molecule has 1 amide bonds. The number of methoxy groups -OCH3 is 2. The average Bonchev–Trinajstić information content (AvgIpc) is 3.23. The Morgan fingerprint density at radius 3 is 2.70 bits per heavy atom. The molecule has 0 unspecified atom stereocenters. The van der Waals surface area contributed by atoms with Crippen molar-refractivity contribution in [2.75, 3.05) is 14.2 Å². The molecular formula is C19H18N6O5. The molecule has 0 saturated carbocycles. The van der Waals surface area contributed by atoms with Crippen LogP contribution in [0.5, 0.6) is 11.5 Å². The van der Waals surface area contributed by atoms with Gasteiger partial charge in [-0.1, -0.05) is 17.1 Å². The molecule has 11 nitrogen and oxygen atoms in total. The number of hydrazone groups is 1. The Labute approximate surface area is 171 Å². The molecule has 1 N–H and O–H groups in total. The molecule has 0 radical (unpaired) electrons. The zero-order valence-corrected chi connectivity index (χ0v) is 16.2. The number of carbonyl (C=O) groups excluding carboxylic acids is 1. The Balaban J connectivity index is 1.73. The number of hydrogen-bond donors (Lipinski definition) is 1. The van der Waals surface area contributed by atoms with Crippen molar-refractivity contribution in [3.05, 3.63) is 75.6 Å². The van der Waals surface area contributed by atoms with Gasteiger partial charge >= 0.3 is 5.95 Å². The number of carbonyl (C=O) groups is 1. The first kappa shape index (κ1) is 20.5. The molecule has 2 aromatic carbocycles. The minimum atomic E-state index is -0.665. The van der Waals surface area contributed by atoms with Crippen molar-refractivity contribution in [3.63, 3.8) is 0 Å². The topological polar surface area (TPSA) is 134 Å². The summed E-state index contributed by atoms with van der Waals surface area (Å²) in [7, 11) is 3.00. The number of aromatic nitrogens is 3. The Morgan fingerprint density at radius 2 is 2.00 bits per heavy atom. The lowest BCUT2D eigenvalue weighted by atomic mass is 10.1. The summed E-state index contributed by atoms with van der Waals surface area (Å²) < 4.78 is 11.8. The third-order valence-corrected chi connectivity index (χ3v) is 4.06. The van der Waals surface area contributed by atoms with E-state index in [1.165, 1.54) is 31.4 Å². The van der Waals surface area contributed by atoms with Gasteiger partial charge in [0.2, 0.25) is 6.33 Å². The fourth-order valence-corrected chi connectivity index (χ4v) is 2.68. The number of benzene rings is 2. The average molecular weight is 410 g/mol. The summed E-state index contributed by atoms with van der Waals surface area (Å²) in [6.07, 6.45) is 2.74. The molecule has 154 valence electrons. The summed E-state index contributed by atoms with van der Waals surface area (Å²) in [5.74, 6) is 0.125. The molecule has 3 aromatic rings. The van der Waals surface area contributed by atoms with Gasteiger partial charge in [0.25, 0.3) is 5.91 Å². The van der Waals surface area contributed by atoms with Crippen molar-refractivity contribution in [2.45, 2.75) is 6.54 Å². The smallest absolute Gasteiger partial charge is 0.490 e. The number of nitrogens with zero attached hydrogens (tertiary/aromatic N) is 5. The first-order chi connectivity index (χ1) is 14.5. The van der Waals surface area contributed by atoms with E-state index < -0.39 is 16.8 Å². The van der Waals surface area contributed by atoms with E-state index in [2.05, 4.69) is 20.6 Å². The SMILES string of the molecule is COc1ccc(C=NNC(=O)c2ccccc2OC)cc1Cn1cnc([N+](=O)[O-])n1. The highest BCUT2D eigenvalue weighted by atomic mass is 16.6. The summed E-state index contributed by atoms with van der Waals surface area (Å²) in [6.45, 7) is 0.208. The monoisotopic (exact) mass is 410 g/mol. The zero-order valence-electron chi connectivity index (χ0n) is 16.2. The number of hydrogen-bond acceptors (Lipinski definition) is 8. The predicted molar refractivity (Wildman–Crippen MR) is 107 cm³/mol. The molecule has 0 aliphatic heterocycles. The van der Waals surface area contributed by atoms with Crippen molar-refractivity contribution in [3.8, 4) is 11.5 Å². The van der Waals surface area contributed by atoms with Gasteiger partial charge in [-0.2, -0.15) is 9.78 Å². The van der Waals surface area contributed by atoms with Crippen molar-refractivity contribution in [1.29, 1.82) is 0 Å². The van der Waals surface area contributed by atoms with Gasteiger partial charge in [-0.3, -0.25) is 4.79 Å². The first-order valence-corrected chi connectivity index (χ1v) is 8.69. The second kappa shape index (κ2) is 9.28. The standard InChI is InChI=1S/C19H18N6O5/c1-29-16-8-7-13(9-14(16)11-24-12-20-19(23-24)25(27)28)10-21-22-18(26)15-5-3-4-6-17(15)30-2/h3-10,12H,11H2,1-2H3,(H,22,26). The van der Waals surface area contributed by atoms with Crippen LogP contribution in [-0.2, 0) is 6.54 Å². The van der Waals surface area contributed by atoms with Crippen LogP contribution in [0, 0.1) is 10.1 Å². The quantitative estimate of drug-likeness (QED) is 0.341. The molecule has 1 aromatic heterocycles. The van der Waals surface area contributed by atoms with Crippen LogP contribution < -0.4 is 14.9 Å². The normalized spacial score (nSPS) is 10.7. The van der Waals surface area contributed by atoms with Crippen LogP contribution in [0.25, 0.3) is 0 Å². The van der Waals surface area contributed by atoms with E-state index >= 15 is 0 Å². The fraction of sp³-hybridized carbons (Fsp3) is 0.158. The van der Waals surface area contributed by atoms with Crippen molar-refractivity contribution < 1.29 is 19.2 Å². The Morgan fingerprint density at radius 1 is 1.23 bits per heavy atom. The molecule has 0 bridgehead atoms. The number of nitrogens with one attached hydrogen (secondary N) is 1. The number of rotatable bonds is 8. The van der Waals surface area contributed by atoms with E-state index in [4.69, 9.17) is 9.47 Å². The number of para-hydroxylation sites is 1. The second-order valence-corrected chi connectivity index (χ2v) is 5.97. The maximum absolute atomic E-state index is 12.3. The van der Waals surface area contributed by atoms with Crippen LogP contribution in [-0.4, -0.2) is 46.0 Å². The highest BCUT2D eigenvalue weighted by molar-refractivity contribution is 5.97. The van der Waals surface area contributed by atoms with E-state index in [-0.39, 0.29) is 6.54 Å². The van der Waals surface area contributed by atoms with Crippen molar-refractivity contribution in [2.24, 2.45) is 5.10 Å². The molecule has 0 spiro atoms. The summed E-state index contributed by atoms with van der Waals surface area (Å²) in [6, 6.07) is 12.1. The molecule has 0 aliphatic carbocycles. The molecule has 0 saturated heterocycles. The lowest BCUT2D eigenvalue weighted by Gasteiger charge is -2.08. The third kappa shape index (κ3) is 4.76. The van der Waals surface area contributed by atoms with Gasteiger partial charge < -0.3 is 19.6 Å². The van der Waals surface area contributed by atoms with Crippen LogP contribution in [0.4, 0.5) is 5.95 Å².